The van der Waals surface area contributed by atoms with Crippen molar-refractivity contribution in [1.29, 1.82) is 0 Å². The number of hydrogen-bond donors (Lipinski definition) is 1. The van der Waals surface area contributed by atoms with Crippen molar-refractivity contribution in [3.63, 3.8) is 0 Å². The van der Waals surface area contributed by atoms with E-state index in [1.54, 1.807) is 74.5 Å². The number of rotatable bonds is 14. The summed E-state index contributed by atoms with van der Waals surface area (Å²) in [6, 6.07) is 18.5. The van der Waals surface area contributed by atoms with Crippen LogP contribution >= 0.6 is 23.2 Å². The molecule has 0 aliphatic carbocycles. The summed E-state index contributed by atoms with van der Waals surface area (Å²) >= 11 is 12.4. The summed E-state index contributed by atoms with van der Waals surface area (Å²) in [6.07, 6.45) is 1.01. The Balaban J connectivity index is 2.11. The topological polar surface area (TPSA) is 96.0 Å². The highest BCUT2D eigenvalue weighted by atomic mass is 35.5. The minimum absolute atomic E-state index is 0.00842. The lowest BCUT2D eigenvalue weighted by Gasteiger charge is -2.34. The van der Waals surface area contributed by atoms with Crippen molar-refractivity contribution < 1.29 is 22.7 Å². The highest BCUT2D eigenvalue weighted by molar-refractivity contribution is 7.92. The highest BCUT2D eigenvalue weighted by Gasteiger charge is 2.35. The summed E-state index contributed by atoms with van der Waals surface area (Å²) in [5.74, 6) is -0.588. The average molecular weight is 635 g/mol. The van der Waals surface area contributed by atoms with Gasteiger partial charge in [0.05, 0.1) is 27.2 Å². The number of carbonyl (C=O) groups excluding carboxylic acids is 2. The van der Waals surface area contributed by atoms with Gasteiger partial charge in [0, 0.05) is 12.6 Å². The Morgan fingerprint density at radius 1 is 0.905 bits per heavy atom. The fraction of sp³-hybridized carbons (Fsp3) is 0.355. The van der Waals surface area contributed by atoms with E-state index < -0.39 is 28.5 Å². The molecular weight excluding hydrogens is 597 g/mol. The maximum atomic E-state index is 14.2. The molecule has 0 unspecified atom stereocenters. The Morgan fingerprint density at radius 3 is 2.19 bits per heavy atom. The first-order valence-corrected chi connectivity index (χ1v) is 16.1. The molecule has 226 valence electrons. The van der Waals surface area contributed by atoms with Crippen LogP contribution in [0.5, 0.6) is 5.75 Å². The fourth-order valence-electron chi connectivity index (χ4n) is 4.37. The number of para-hydroxylation sites is 2. The van der Waals surface area contributed by atoms with Gasteiger partial charge in [0.25, 0.3) is 10.0 Å². The number of nitrogens with one attached hydrogen (secondary N) is 1. The van der Waals surface area contributed by atoms with Crippen LogP contribution in [0.2, 0.25) is 10.0 Å². The van der Waals surface area contributed by atoms with Crippen LogP contribution in [0, 0.1) is 0 Å². The fourth-order valence-corrected chi connectivity index (χ4v) is 6.14. The molecule has 3 aromatic carbocycles. The van der Waals surface area contributed by atoms with Gasteiger partial charge >= 0.3 is 0 Å². The number of nitrogens with zero attached hydrogens (tertiary/aromatic N) is 2. The number of amides is 2. The first kappa shape index (κ1) is 33.2. The van der Waals surface area contributed by atoms with Crippen molar-refractivity contribution in [3.8, 4) is 5.75 Å². The Bertz CT molecular complexity index is 1470. The number of sulfonamides is 1. The second kappa shape index (κ2) is 15.3. The van der Waals surface area contributed by atoms with Gasteiger partial charge in [0.15, 0.2) is 0 Å². The van der Waals surface area contributed by atoms with Crippen molar-refractivity contribution in [2.75, 3.05) is 17.5 Å². The molecular formula is C31H37Cl2N3O5S. The molecule has 3 rings (SSSR count). The van der Waals surface area contributed by atoms with Crippen molar-refractivity contribution in [2.45, 2.75) is 64.1 Å². The van der Waals surface area contributed by atoms with Gasteiger partial charge in [0.1, 0.15) is 18.3 Å². The summed E-state index contributed by atoms with van der Waals surface area (Å²) in [5, 5.41) is 3.61. The lowest BCUT2D eigenvalue weighted by Crippen LogP contribution is -2.53. The third-order valence-corrected chi connectivity index (χ3v) is 9.28. The quantitative estimate of drug-likeness (QED) is 0.224. The minimum atomic E-state index is -4.22. The van der Waals surface area contributed by atoms with Gasteiger partial charge < -0.3 is 15.0 Å². The molecule has 0 fully saturated rings. The summed E-state index contributed by atoms with van der Waals surface area (Å²) in [7, 11) is -4.22. The normalized spacial score (nSPS) is 12.7. The lowest BCUT2D eigenvalue weighted by atomic mass is 10.1. The van der Waals surface area contributed by atoms with Crippen LogP contribution in [0.4, 0.5) is 5.69 Å². The number of halogens is 2. The second-order valence-corrected chi connectivity index (χ2v) is 12.4. The third-order valence-electron chi connectivity index (χ3n) is 6.77. The Hall–Kier alpha value is -3.27. The maximum absolute atomic E-state index is 14.2. The van der Waals surface area contributed by atoms with Gasteiger partial charge in [0.2, 0.25) is 11.8 Å². The monoisotopic (exact) mass is 633 g/mol. The lowest BCUT2D eigenvalue weighted by molar-refractivity contribution is -0.140. The Kier molecular flexibility index (Phi) is 12.1. The van der Waals surface area contributed by atoms with E-state index in [0.29, 0.717) is 40.8 Å². The largest absolute Gasteiger partial charge is 0.492 e. The van der Waals surface area contributed by atoms with E-state index in [4.69, 9.17) is 27.9 Å². The van der Waals surface area contributed by atoms with E-state index in [1.165, 1.54) is 17.0 Å². The average Bonchev–Trinajstić information content (AvgIpc) is 2.98. The molecule has 42 heavy (non-hydrogen) atoms. The summed E-state index contributed by atoms with van der Waals surface area (Å²) in [5.41, 5.74) is 0.850. The van der Waals surface area contributed by atoms with E-state index >= 15 is 0 Å². The van der Waals surface area contributed by atoms with Crippen LogP contribution in [0.25, 0.3) is 0 Å². The van der Waals surface area contributed by atoms with Gasteiger partial charge in [-0.25, -0.2) is 8.42 Å². The number of benzene rings is 3. The first-order valence-electron chi connectivity index (χ1n) is 13.9. The molecule has 3 aromatic rings. The van der Waals surface area contributed by atoms with Crippen LogP contribution in [0.15, 0.2) is 77.7 Å². The first-order chi connectivity index (χ1) is 20.0. The molecule has 2 atom stereocenters. The molecule has 0 saturated carbocycles. The molecule has 8 nitrogen and oxygen atoms in total. The molecule has 11 heteroatoms. The van der Waals surface area contributed by atoms with Gasteiger partial charge in [-0.2, -0.15) is 0 Å². The van der Waals surface area contributed by atoms with Crippen LogP contribution in [-0.4, -0.2) is 50.4 Å². The van der Waals surface area contributed by atoms with Crippen molar-refractivity contribution >= 4 is 50.7 Å². The van der Waals surface area contributed by atoms with E-state index in [-0.39, 0.29) is 29.1 Å². The smallest absolute Gasteiger partial charge is 0.264 e. The van der Waals surface area contributed by atoms with Gasteiger partial charge in [-0.05, 0) is 68.7 Å². The van der Waals surface area contributed by atoms with Crippen molar-refractivity contribution in [2.24, 2.45) is 0 Å². The van der Waals surface area contributed by atoms with E-state index in [1.807, 2.05) is 13.8 Å². The van der Waals surface area contributed by atoms with E-state index in [2.05, 4.69) is 5.32 Å². The predicted molar refractivity (Wildman–Crippen MR) is 168 cm³/mol. The zero-order chi connectivity index (χ0) is 30.9. The highest BCUT2D eigenvalue weighted by Crippen LogP contribution is 2.33. The predicted octanol–water partition coefficient (Wildman–Crippen LogP) is 6.31. The molecule has 0 radical (unpaired) electrons. The number of ether oxygens (including phenoxy) is 1. The molecule has 0 bridgehead atoms. The number of hydrogen-bond acceptors (Lipinski definition) is 5. The maximum Gasteiger partial charge on any atom is 0.264 e. The Morgan fingerprint density at radius 2 is 1.57 bits per heavy atom. The zero-order valence-electron chi connectivity index (χ0n) is 24.2. The van der Waals surface area contributed by atoms with Crippen molar-refractivity contribution in [1.82, 2.24) is 10.2 Å². The molecule has 0 aromatic heterocycles. The van der Waals surface area contributed by atoms with Gasteiger partial charge in [-0.15, -0.1) is 0 Å². The summed E-state index contributed by atoms with van der Waals surface area (Å²) in [4.78, 5) is 29.1. The minimum Gasteiger partial charge on any atom is -0.492 e. The second-order valence-electron chi connectivity index (χ2n) is 9.74. The number of carbonyl (C=O) groups is 2. The molecule has 0 aliphatic rings. The summed E-state index contributed by atoms with van der Waals surface area (Å²) in [6.45, 7) is 7.16. The van der Waals surface area contributed by atoms with E-state index in [9.17, 15) is 18.0 Å². The Labute approximate surface area is 258 Å². The molecule has 0 aliphatic heterocycles. The molecule has 0 spiro atoms. The van der Waals surface area contributed by atoms with Crippen LogP contribution in [0.1, 0.15) is 46.1 Å². The summed E-state index contributed by atoms with van der Waals surface area (Å²) < 4.78 is 34.9. The molecule has 1 N–H and O–H groups in total. The SMILES string of the molecule is CCOc1ccccc1N(CC(=O)N(Cc1ccc(Cl)c(Cl)c1)[C@@H](CC)C(=O)N[C@H](C)CC)S(=O)(=O)c1ccccc1. The van der Waals surface area contributed by atoms with Crippen molar-refractivity contribution in [3.05, 3.63) is 88.4 Å². The third kappa shape index (κ3) is 8.18. The number of anilines is 1. The standard InChI is InChI=1S/C31H37Cl2N3O5S/c1-5-22(4)34-31(38)27(6-2)35(20-23-17-18-25(32)26(33)19-23)30(37)21-36(28-15-11-12-16-29(28)41-7-3)42(39,40)24-13-9-8-10-14-24/h8-19,22,27H,5-7,20-21H2,1-4H3,(H,34,38)/t22-,27+/m1/s1. The van der Waals surface area contributed by atoms with Gasteiger partial charge in [-0.3, -0.25) is 13.9 Å². The van der Waals surface area contributed by atoms with Crippen LogP contribution in [-0.2, 0) is 26.2 Å². The molecule has 0 heterocycles. The van der Waals surface area contributed by atoms with Gasteiger partial charge in [-0.1, -0.05) is 73.4 Å². The zero-order valence-corrected chi connectivity index (χ0v) is 26.5. The molecule has 0 saturated heterocycles. The van der Waals surface area contributed by atoms with Crippen LogP contribution in [0.3, 0.4) is 0 Å². The van der Waals surface area contributed by atoms with Crippen LogP contribution < -0.4 is 14.4 Å². The van der Waals surface area contributed by atoms with E-state index in [0.717, 1.165) is 4.31 Å². The molecule has 2 amide bonds.